The third-order valence-corrected chi connectivity index (χ3v) is 8.75. The van der Waals surface area contributed by atoms with Crippen LogP contribution in [0, 0.1) is 11.8 Å². The van der Waals surface area contributed by atoms with Gasteiger partial charge < -0.3 is 24.4 Å². The van der Waals surface area contributed by atoms with E-state index in [4.69, 9.17) is 19.2 Å². The van der Waals surface area contributed by atoms with Crippen LogP contribution >= 0.6 is 0 Å². The second kappa shape index (κ2) is 14.0. The van der Waals surface area contributed by atoms with E-state index in [9.17, 15) is 9.59 Å². The van der Waals surface area contributed by atoms with Gasteiger partial charge in [-0.3, -0.25) is 19.5 Å². The van der Waals surface area contributed by atoms with E-state index in [1.165, 1.54) is 25.7 Å². The summed E-state index contributed by atoms with van der Waals surface area (Å²) in [6.45, 7) is 6.02. The lowest BCUT2D eigenvalue weighted by Crippen LogP contribution is -2.52. The highest BCUT2D eigenvalue weighted by molar-refractivity contribution is 5.87. The topological polar surface area (TPSA) is 106 Å². The number of methoxy groups -OCH3 is 2. The molecule has 6 rings (SSSR count). The van der Waals surface area contributed by atoms with Gasteiger partial charge in [-0.05, 0) is 68.0 Å². The number of rotatable bonds is 7. The van der Waals surface area contributed by atoms with Gasteiger partial charge >= 0.3 is 0 Å². The van der Waals surface area contributed by atoms with Gasteiger partial charge in [0.15, 0.2) is 11.5 Å². The lowest BCUT2D eigenvalue weighted by molar-refractivity contribution is -0.135. The first-order chi connectivity index (χ1) is 20.8. The van der Waals surface area contributed by atoms with Crippen molar-refractivity contribution < 1.29 is 23.8 Å². The zero-order chi connectivity index (χ0) is 30.3. The van der Waals surface area contributed by atoms with E-state index >= 15 is 0 Å². The van der Waals surface area contributed by atoms with Crippen LogP contribution in [0.2, 0.25) is 0 Å². The van der Waals surface area contributed by atoms with Gasteiger partial charge in [0.1, 0.15) is 0 Å². The fraction of sp³-hybridized carbons (Fsp3) is 0.515. The second-order valence-corrected chi connectivity index (χ2v) is 11.8. The summed E-state index contributed by atoms with van der Waals surface area (Å²) in [4.78, 5) is 36.4. The number of carbonyl (C=O) groups is 2. The van der Waals surface area contributed by atoms with Crippen LogP contribution in [-0.4, -0.2) is 91.7 Å². The zero-order valence-electron chi connectivity index (χ0n) is 25.7. The van der Waals surface area contributed by atoms with Gasteiger partial charge in [-0.1, -0.05) is 6.92 Å². The molecule has 0 unspecified atom stereocenters. The van der Waals surface area contributed by atoms with Crippen molar-refractivity contribution in [3.05, 3.63) is 42.6 Å². The summed E-state index contributed by atoms with van der Waals surface area (Å²) in [5.74, 6) is 3.18. The molecule has 10 nitrogen and oxygen atoms in total. The fourth-order valence-electron chi connectivity index (χ4n) is 5.97. The summed E-state index contributed by atoms with van der Waals surface area (Å²) < 4.78 is 16.7. The molecule has 43 heavy (non-hydrogen) atoms. The van der Waals surface area contributed by atoms with Crippen molar-refractivity contribution in [2.24, 2.45) is 11.8 Å². The molecule has 0 spiro atoms. The van der Waals surface area contributed by atoms with E-state index < -0.39 is 0 Å². The van der Waals surface area contributed by atoms with Crippen LogP contribution < -0.4 is 19.5 Å². The van der Waals surface area contributed by atoms with Crippen LogP contribution in [0.25, 0.3) is 22.2 Å². The van der Waals surface area contributed by atoms with E-state index in [0.29, 0.717) is 55.4 Å². The van der Waals surface area contributed by atoms with Crippen molar-refractivity contribution in [3.63, 3.8) is 0 Å². The Morgan fingerprint density at radius 3 is 2.49 bits per heavy atom. The molecule has 1 aliphatic carbocycles. The van der Waals surface area contributed by atoms with Gasteiger partial charge in [-0.15, -0.1) is 0 Å². The molecule has 3 aromatic rings. The normalized spacial score (nSPS) is 22.5. The Morgan fingerprint density at radius 2 is 1.79 bits per heavy atom. The number of likely N-dealkylation sites (N-methyl/N-ethyl adjacent to an activating group) is 1. The lowest BCUT2D eigenvalue weighted by atomic mass is 9.86. The number of ether oxygens (including phenoxy) is 3. The van der Waals surface area contributed by atoms with Crippen molar-refractivity contribution in [3.8, 4) is 28.6 Å². The highest BCUT2D eigenvalue weighted by Gasteiger charge is 2.29. The Balaban J connectivity index is 0.000000207. The van der Waals surface area contributed by atoms with Crippen molar-refractivity contribution in [2.75, 3.05) is 54.1 Å². The summed E-state index contributed by atoms with van der Waals surface area (Å²) in [6.07, 6.45) is 7.47. The average Bonchev–Trinajstić information content (AvgIpc) is 3.46. The van der Waals surface area contributed by atoms with E-state index in [-0.39, 0.29) is 11.8 Å². The van der Waals surface area contributed by atoms with Gasteiger partial charge in [-0.25, -0.2) is 4.98 Å². The summed E-state index contributed by atoms with van der Waals surface area (Å²) in [5, 5.41) is 3.66. The number of hydrogen-bond acceptors (Lipinski definition) is 8. The van der Waals surface area contributed by atoms with Crippen LogP contribution in [-0.2, 0) is 9.59 Å². The molecule has 2 aliphatic heterocycles. The molecular formula is C33H43N5O5. The van der Waals surface area contributed by atoms with Crippen LogP contribution in [0.4, 0.5) is 0 Å². The first-order valence-electron chi connectivity index (χ1n) is 15.2. The van der Waals surface area contributed by atoms with Crippen LogP contribution in [0.15, 0.2) is 42.6 Å². The smallest absolute Gasteiger partial charge is 0.236 e. The molecule has 230 valence electrons. The zero-order valence-corrected chi connectivity index (χ0v) is 25.7. The predicted molar refractivity (Wildman–Crippen MR) is 165 cm³/mol. The quantitative estimate of drug-likeness (QED) is 0.438. The number of piperazine rings is 1. The Hall–Kier alpha value is -3.92. The molecule has 2 aromatic heterocycles. The number of fused-ring (bicyclic) bond motifs is 1. The highest BCUT2D eigenvalue weighted by atomic mass is 16.5. The fourth-order valence-corrected chi connectivity index (χ4v) is 5.97. The molecule has 3 fully saturated rings. The number of benzene rings is 1. The number of pyridine rings is 2. The minimum atomic E-state index is 0.0622. The lowest BCUT2D eigenvalue weighted by Gasteiger charge is -2.40. The van der Waals surface area contributed by atoms with E-state index in [1.807, 2.05) is 48.3 Å². The maximum atomic E-state index is 11.6. The van der Waals surface area contributed by atoms with Gasteiger partial charge in [0.2, 0.25) is 17.7 Å². The monoisotopic (exact) mass is 589 g/mol. The molecule has 1 aromatic carbocycles. The molecular weight excluding hydrogens is 546 g/mol. The Bertz CT molecular complexity index is 1420. The van der Waals surface area contributed by atoms with Gasteiger partial charge in [-0.2, -0.15) is 0 Å². The standard InChI is InChI=1S/C21H21N3O4.C12H22N2O/c1-26-18-6-5-14(9-19(18)27-2)16-10-17-15(4-3-7-22-17)21(24-16)28-12-13-8-20(25)23-11-13;1-10-3-5-11(6-4-10)14-8-7-13(2)12(15)9-14/h3-7,9-10,13H,8,11-12H2,1-2H3,(H,23,25);10-11H,3-9H2,1-2H3/t13-;/m1./s1. The number of nitrogens with zero attached hydrogens (tertiary/aromatic N) is 4. The third-order valence-electron chi connectivity index (χ3n) is 8.75. The summed E-state index contributed by atoms with van der Waals surface area (Å²) in [5.41, 5.74) is 2.38. The Kier molecular flexibility index (Phi) is 9.97. The van der Waals surface area contributed by atoms with Crippen LogP contribution in [0.1, 0.15) is 39.0 Å². The second-order valence-electron chi connectivity index (χ2n) is 11.8. The summed E-state index contributed by atoms with van der Waals surface area (Å²) in [7, 11) is 5.11. The number of aromatic nitrogens is 2. The van der Waals surface area contributed by atoms with Crippen molar-refractivity contribution in [1.29, 1.82) is 0 Å². The van der Waals surface area contributed by atoms with E-state index in [0.717, 1.165) is 41.2 Å². The molecule has 4 heterocycles. The minimum Gasteiger partial charge on any atom is -0.493 e. The van der Waals surface area contributed by atoms with Crippen LogP contribution in [0.3, 0.4) is 0 Å². The molecule has 0 bridgehead atoms. The van der Waals surface area contributed by atoms with Gasteiger partial charge in [0.05, 0.1) is 44.0 Å². The van der Waals surface area contributed by atoms with E-state index in [2.05, 4.69) is 22.1 Å². The average molecular weight is 590 g/mol. The highest BCUT2D eigenvalue weighted by Crippen LogP contribution is 2.34. The SMILES string of the molecule is CC1CCC(N2CCN(C)C(=O)C2)CC1.COc1ccc(-c2cc3ncccc3c(OC[C@H]3CNC(=O)C3)n2)cc1OC. The van der Waals surface area contributed by atoms with Crippen molar-refractivity contribution >= 4 is 22.7 Å². The van der Waals surface area contributed by atoms with Crippen LogP contribution in [0.5, 0.6) is 17.4 Å². The maximum absolute atomic E-state index is 11.6. The largest absolute Gasteiger partial charge is 0.493 e. The third kappa shape index (κ3) is 7.54. The molecule has 3 aliphatic rings. The Labute approximate surface area is 253 Å². The number of hydrogen-bond donors (Lipinski definition) is 1. The molecule has 1 N–H and O–H groups in total. The summed E-state index contributed by atoms with van der Waals surface area (Å²) in [6, 6.07) is 12.0. The molecule has 10 heteroatoms. The number of carbonyl (C=O) groups excluding carboxylic acids is 2. The maximum Gasteiger partial charge on any atom is 0.236 e. The molecule has 1 atom stereocenters. The van der Waals surface area contributed by atoms with Crippen molar-refractivity contribution in [1.82, 2.24) is 25.1 Å². The van der Waals surface area contributed by atoms with E-state index in [1.54, 1.807) is 20.4 Å². The minimum absolute atomic E-state index is 0.0622. The van der Waals surface area contributed by atoms with Gasteiger partial charge in [0, 0.05) is 56.8 Å². The van der Waals surface area contributed by atoms with Crippen molar-refractivity contribution in [2.45, 2.75) is 45.1 Å². The predicted octanol–water partition coefficient (Wildman–Crippen LogP) is 4.17. The van der Waals surface area contributed by atoms with Gasteiger partial charge in [0.25, 0.3) is 0 Å². The Morgan fingerprint density at radius 1 is 1.00 bits per heavy atom. The number of amides is 2. The molecule has 1 saturated carbocycles. The summed E-state index contributed by atoms with van der Waals surface area (Å²) >= 11 is 0. The first-order valence-corrected chi connectivity index (χ1v) is 15.2. The number of nitrogens with one attached hydrogen (secondary N) is 1. The molecule has 2 saturated heterocycles. The molecule has 0 radical (unpaired) electrons. The first kappa shape index (κ1) is 30.5. The molecule has 2 amide bonds.